The van der Waals surface area contributed by atoms with E-state index in [4.69, 9.17) is 11.6 Å². The number of carbonyl (C=O) groups excluding carboxylic acids is 2. The van der Waals surface area contributed by atoms with Crippen LogP contribution in [0.4, 0.5) is 11.4 Å². The zero-order valence-corrected chi connectivity index (χ0v) is 19.6. The smallest absolute Gasteiger partial charge is 0.272 e. The Balaban J connectivity index is 1.42. The van der Waals surface area contributed by atoms with Crippen molar-refractivity contribution >= 4 is 45.7 Å². The summed E-state index contributed by atoms with van der Waals surface area (Å²) in [5.74, 6) is -0.407. The molecule has 0 atom stereocenters. The first kappa shape index (κ1) is 22.0. The lowest BCUT2D eigenvalue weighted by Gasteiger charge is -2.36. The zero-order chi connectivity index (χ0) is 23.7. The maximum Gasteiger partial charge on any atom is 0.272 e. The quantitative estimate of drug-likeness (QED) is 0.421. The number of aryl methyl sites for hydroxylation is 1. The predicted octanol–water partition coefficient (Wildman–Crippen LogP) is 5.34. The largest absolute Gasteiger partial charge is 0.368 e. The molecule has 34 heavy (non-hydrogen) atoms. The van der Waals surface area contributed by atoms with Gasteiger partial charge in [-0.05, 0) is 55.5 Å². The van der Waals surface area contributed by atoms with Crippen LogP contribution < -0.4 is 10.2 Å². The Bertz CT molecular complexity index is 1340. The molecule has 2 heterocycles. The molecule has 1 fully saturated rings. The fourth-order valence-corrected chi connectivity index (χ4v) is 4.47. The summed E-state index contributed by atoms with van der Waals surface area (Å²) < 4.78 is 0. The number of amides is 2. The molecule has 5 rings (SSSR count). The second kappa shape index (κ2) is 9.23. The Hall–Kier alpha value is -3.77. The molecule has 1 aliphatic rings. The van der Waals surface area contributed by atoms with Crippen molar-refractivity contribution in [3.63, 3.8) is 0 Å². The van der Waals surface area contributed by atoms with Crippen molar-refractivity contribution in [2.24, 2.45) is 0 Å². The molecule has 1 saturated heterocycles. The van der Waals surface area contributed by atoms with Crippen molar-refractivity contribution in [3.8, 4) is 0 Å². The molecule has 1 aromatic heterocycles. The number of H-pyrrole nitrogens is 1. The number of piperazine rings is 1. The number of aromatic nitrogens is 1. The first-order valence-electron chi connectivity index (χ1n) is 11.3. The third kappa shape index (κ3) is 4.37. The third-order valence-corrected chi connectivity index (χ3v) is 6.45. The van der Waals surface area contributed by atoms with Crippen LogP contribution >= 0.6 is 11.6 Å². The fourth-order valence-electron chi connectivity index (χ4n) is 4.35. The minimum atomic E-state index is -0.290. The van der Waals surface area contributed by atoms with E-state index in [0.717, 1.165) is 35.2 Å². The molecule has 7 heteroatoms. The van der Waals surface area contributed by atoms with Crippen LogP contribution in [0.5, 0.6) is 0 Å². The Morgan fingerprint density at radius 3 is 2.32 bits per heavy atom. The molecular formula is C27H25ClN4O2. The number of halogens is 1. The minimum Gasteiger partial charge on any atom is -0.368 e. The summed E-state index contributed by atoms with van der Waals surface area (Å²) in [6, 6.07) is 22.8. The second-order valence-electron chi connectivity index (χ2n) is 8.50. The maximum atomic E-state index is 13.6. The number of para-hydroxylation sites is 1. The first-order valence-corrected chi connectivity index (χ1v) is 11.7. The van der Waals surface area contributed by atoms with Crippen LogP contribution in [0.3, 0.4) is 0 Å². The van der Waals surface area contributed by atoms with E-state index in [1.54, 1.807) is 24.3 Å². The Morgan fingerprint density at radius 1 is 0.912 bits per heavy atom. The summed E-state index contributed by atoms with van der Waals surface area (Å²) >= 11 is 5.97. The van der Waals surface area contributed by atoms with Gasteiger partial charge in [0, 0.05) is 53.4 Å². The number of hydrogen-bond acceptors (Lipinski definition) is 3. The van der Waals surface area contributed by atoms with Gasteiger partial charge in [-0.15, -0.1) is 0 Å². The van der Waals surface area contributed by atoms with Crippen molar-refractivity contribution in [1.29, 1.82) is 0 Å². The van der Waals surface area contributed by atoms with Gasteiger partial charge in [-0.25, -0.2) is 0 Å². The highest BCUT2D eigenvalue weighted by Gasteiger charge is 2.27. The number of rotatable bonds is 4. The fraction of sp³-hybridized carbons (Fsp3) is 0.185. The molecule has 6 nitrogen and oxygen atoms in total. The van der Waals surface area contributed by atoms with E-state index in [0.29, 0.717) is 35.1 Å². The molecule has 3 aromatic carbocycles. The molecule has 0 spiro atoms. The molecule has 0 saturated carbocycles. The van der Waals surface area contributed by atoms with Gasteiger partial charge in [0.15, 0.2) is 0 Å². The van der Waals surface area contributed by atoms with Crippen LogP contribution in [-0.4, -0.2) is 47.9 Å². The van der Waals surface area contributed by atoms with Crippen molar-refractivity contribution in [2.45, 2.75) is 6.92 Å². The van der Waals surface area contributed by atoms with Crippen LogP contribution in [-0.2, 0) is 0 Å². The van der Waals surface area contributed by atoms with Crippen LogP contribution in [0.1, 0.15) is 26.4 Å². The zero-order valence-electron chi connectivity index (χ0n) is 18.8. The molecule has 1 aliphatic heterocycles. The summed E-state index contributed by atoms with van der Waals surface area (Å²) in [6.07, 6.45) is 0. The average Bonchev–Trinajstić information content (AvgIpc) is 3.22. The van der Waals surface area contributed by atoms with Gasteiger partial charge in [0.05, 0.1) is 5.69 Å². The minimum absolute atomic E-state index is 0.118. The predicted molar refractivity (Wildman–Crippen MR) is 137 cm³/mol. The standard InChI is InChI=1S/C27H25ClN4O2/c1-18-7-12-23-22(17-18)24(30-26(33)19-8-10-20(28)11-9-19)25(29-23)27(34)32-15-13-31(14-16-32)21-5-3-2-4-6-21/h2-12,17,29H,13-16H2,1H3,(H,30,33). The van der Waals surface area contributed by atoms with E-state index in [1.807, 2.05) is 48.2 Å². The molecule has 172 valence electrons. The third-order valence-electron chi connectivity index (χ3n) is 6.20. The first-order chi connectivity index (χ1) is 16.5. The highest BCUT2D eigenvalue weighted by molar-refractivity contribution is 6.30. The number of aromatic amines is 1. The molecule has 0 unspecified atom stereocenters. The SMILES string of the molecule is Cc1ccc2[nH]c(C(=O)N3CCN(c4ccccc4)CC3)c(NC(=O)c3ccc(Cl)cc3)c2c1. The van der Waals surface area contributed by atoms with Gasteiger partial charge >= 0.3 is 0 Å². The second-order valence-corrected chi connectivity index (χ2v) is 8.94. The van der Waals surface area contributed by atoms with E-state index in [9.17, 15) is 9.59 Å². The van der Waals surface area contributed by atoms with Crippen LogP contribution in [0, 0.1) is 6.92 Å². The van der Waals surface area contributed by atoms with E-state index in [1.165, 1.54) is 0 Å². The van der Waals surface area contributed by atoms with Gasteiger partial charge in [0.25, 0.3) is 11.8 Å². The lowest BCUT2D eigenvalue weighted by Crippen LogP contribution is -2.49. The summed E-state index contributed by atoms with van der Waals surface area (Å²) in [7, 11) is 0. The molecular weight excluding hydrogens is 448 g/mol. The maximum absolute atomic E-state index is 13.6. The molecule has 2 amide bonds. The number of hydrogen-bond donors (Lipinski definition) is 2. The van der Waals surface area contributed by atoms with Gasteiger partial charge in [-0.2, -0.15) is 0 Å². The highest BCUT2D eigenvalue weighted by Crippen LogP contribution is 2.31. The Kier molecular flexibility index (Phi) is 5.99. The lowest BCUT2D eigenvalue weighted by atomic mass is 10.1. The Labute approximate surface area is 203 Å². The summed E-state index contributed by atoms with van der Waals surface area (Å²) in [5, 5.41) is 4.35. The topological polar surface area (TPSA) is 68.4 Å². The van der Waals surface area contributed by atoms with Gasteiger partial charge in [-0.1, -0.05) is 41.4 Å². The molecule has 0 radical (unpaired) electrons. The number of fused-ring (bicyclic) bond motifs is 1. The summed E-state index contributed by atoms with van der Waals surface area (Å²) in [6.45, 7) is 4.70. The highest BCUT2D eigenvalue weighted by atomic mass is 35.5. The number of nitrogens with zero attached hydrogens (tertiary/aromatic N) is 2. The van der Waals surface area contributed by atoms with Crippen molar-refractivity contribution < 1.29 is 9.59 Å². The van der Waals surface area contributed by atoms with E-state index >= 15 is 0 Å². The van der Waals surface area contributed by atoms with Gasteiger partial charge < -0.3 is 20.1 Å². The lowest BCUT2D eigenvalue weighted by molar-refractivity contribution is 0.0743. The normalized spacial score (nSPS) is 13.8. The van der Waals surface area contributed by atoms with Crippen molar-refractivity contribution in [1.82, 2.24) is 9.88 Å². The van der Waals surface area contributed by atoms with Crippen LogP contribution in [0.25, 0.3) is 10.9 Å². The average molecular weight is 473 g/mol. The van der Waals surface area contributed by atoms with Gasteiger partial charge in [-0.3, -0.25) is 9.59 Å². The van der Waals surface area contributed by atoms with E-state index < -0.39 is 0 Å². The molecule has 2 N–H and O–H groups in total. The number of anilines is 2. The van der Waals surface area contributed by atoms with Crippen molar-refractivity contribution in [2.75, 3.05) is 36.4 Å². The van der Waals surface area contributed by atoms with Gasteiger partial charge in [0.2, 0.25) is 0 Å². The number of carbonyl (C=O) groups is 2. The molecule has 0 aliphatic carbocycles. The van der Waals surface area contributed by atoms with E-state index in [-0.39, 0.29) is 11.8 Å². The Morgan fingerprint density at radius 2 is 1.62 bits per heavy atom. The number of nitrogens with one attached hydrogen (secondary N) is 2. The monoisotopic (exact) mass is 472 g/mol. The van der Waals surface area contributed by atoms with Crippen molar-refractivity contribution in [3.05, 3.63) is 94.6 Å². The van der Waals surface area contributed by atoms with Gasteiger partial charge in [0.1, 0.15) is 5.69 Å². The summed E-state index contributed by atoms with van der Waals surface area (Å²) in [4.78, 5) is 34.0. The molecule has 0 bridgehead atoms. The number of benzene rings is 3. The molecule has 4 aromatic rings. The van der Waals surface area contributed by atoms with E-state index in [2.05, 4.69) is 27.3 Å². The van der Waals surface area contributed by atoms with Crippen LogP contribution in [0.2, 0.25) is 5.02 Å². The van der Waals surface area contributed by atoms with Crippen LogP contribution in [0.15, 0.2) is 72.8 Å². The summed E-state index contributed by atoms with van der Waals surface area (Å²) in [5.41, 5.74) is 4.39.